The number of carbonyl (C=O) groups excluding carboxylic acids is 2. The first kappa shape index (κ1) is 62.8. The summed E-state index contributed by atoms with van der Waals surface area (Å²) in [5.74, 6) is -0.822. The summed E-state index contributed by atoms with van der Waals surface area (Å²) in [5.41, 5.74) is 0. The van der Waals surface area contributed by atoms with Crippen molar-refractivity contribution in [2.45, 2.75) is 277 Å². The molecule has 0 fully saturated rings. The lowest BCUT2D eigenvalue weighted by Gasteiger charge is -2.28. The molecule has 0 aliphatic heterocycles. The Labute approximate surface area is 396 Å². The molecule has 0 aliphatic carbocycles. The molecule has 0 saturated carbocycles. The molecular formula is C54H106NO8P. The van der Waals surface area contributed by atoms with E-state index in [1.807, 2.05) is 21.1 Å². The summed E-state index contributed by atoms with van der Waals surface area (Å²) in [6.45, 7) is 4.28. The predicted octanol–water partition coefficient (Wildman–Crippen LogP) is 15.8. The van der Waals surface area contributed by atoms with Crippen LogP contribution in [0.4, 0.5) is 0 Å². The second-order valence-corrected chi connectivity index (χ2v) is 21.4. The number of nitrogens with zero attached hydrogens (tertiary/aromatic N) is 1. The van der Waals surface area contributed by atoms with E-state index in [0.717, 1.165) is 44.9 Å². The number of rotatable bonds is 51. The van der Waals surface area contributed by atoms with Crippen molar-refractivity contribution in [1.82, 2.24) is 0 Å². The molecule has 10 heteroatoms. The van der Waals surface area contributed by atoms with E-state index in [1.165, 1.54) is 193 Å². The molecule has 0 amide bonds. The molecule has 0 spiro atoms. The number of esters is 2. The molecule has 0 heterocycles. The highest BCUT2D eigenvalue weighted by Crippen LogP contribution is 2.38. The molecule has 0 aromatic carbocycles. The van der Waals surface area contributed by atoms with Crippen LogP contribution in [0, 0.1) is 0 Å². The molecule has 0 bridgehead atoms. The summed E-state index contributed by atoms with van der Waals surface area (Å²) in [7, 11) is 1.18. The Morgan fingerprint density at radius 1 is 0.469 bits per heavy atom. The third kappa shape index (κ3) is 50.2. The standard InChI is InChI=1S/C54H106NO8P/c1-6-8-10-12-14-16-18-20-22-24-25-26-27-28-29-31-32-34-36-38-40-42-44-46-53(56)60-50-52(51-62-64(58,59)61-49-48-55(3,4)5)63-54(57)47-45-43-41-39-37-35-33-30-23-21-19-17-15-13-11-9-7-2/h21,23,52H,6-20,22,24-51H2,1-5H3/b23-21+/t52-/m0/s1. The van der Waals surface area contributed by atoms with Crippen LogP contribution < -0.4 is 4.89 Å². The van der Waals surface area contributed by atoms with Crippen molar-refractivity contribution in [2.24, 2.45) is 0 Å². The van der Waals surface area contributed by atoms with Gasteiger partial charge in [-0.25, -0.2) is 0 Å². The second-order valence-electron chi connectivity index (χ2n) is 20.0. The zero-order valence-electron chi connectivity index (χ0n) is 43.0. The van der Waals surface area contributed by atoms with Crippen LogP contribution in [0.15, 0.2) is 12.2 Å². The van der Waals surface area contributed by atoms with Crippen LogP contribution in [0.5, 0.6) is 0 Å². The lowest BCUT2D eigenvalue weighted by molar-refractivity contribution is -0.870. The smallest absolute Gasteiger partial charge is 0.306 e. The number of phosphoric acid groups is 1. The molecular weight excluding hydrogens is 822 g/mol. The molecule has 0 radical (unpaired) electrons. The Morgan fingerprint density at radius 3 is 1.16 bits per heavy atom. The first-order valence-corrected chi connectivity index (χ1v) is 28.9. The third-order valence-corrected chi connectivity index (χ3v) is 13.2. The zero-order valence-corrected chi connectivity index (χ0v) is 43.9. The fraction of sp³-hybridized carbons (Fsp3) is 0.926. The molecule has 0 rings (SSSR count). The normalized spacial score (nSPS) is 13.4. The second kappa shape index (κ2) is 46.8. The lowest BCUT2D eigenvalue weighted by Crippen LogP contribution is -2.37. The summed E-state index contributed by atoms with van der Waals surface area (Å²) in [5, 5.41) is 0. The third-order valence-electron chi connectivity index (χ3n) is 12.3. The fourth-order valence-electron chi connectivity index (χ4n) is 8.01. The van der Waals surface area contributed by atoms with Crippen LogP contribution in [0.3, 0.4) is 0 Å². The maximum absolute atomic E-state index is 12.7. The maximum atomic E-state index is 12.7. The SMILES string of the molecule is CCCCCCCC/C=C/CCCCCCCCCC(=O)O[C@@H](COC(=O)CCCCCCCCCCCCCCCCCCCCCCCCC)COP(=O)([O-])OCC[N+](C)(C)C. The van der Waals surface area contributed by atoms with E-state index in [4.69, 9.17) is 18.5 Å². The van der Waals surface area contributed by atoms with E-state index in [0.29, 0.717) is 17.4 Å². The van der Waals surface area contributed by atoms with E-state index in [1.54, 1.807) is 0 Å². The number of likely N-dealkylation sites (N-methyl/N-ethyl adjacent to an activating group) is 1. The van der Waals surface area contributed by atoms with Gasteiger partial charge >= 0.3 is 11.9 Å². The predicted molar refractivity (Wildman–Crippen MR) is 268 cm³/mol. The van der Waals surface area contributed by atoms with Crippen molar-refractivity contribution in [3.63, 3.8) is 0 Å². The topological polar surface area (TPSA) is 111 Å². The first-order chi connectivity index (χ1) is 31.0. The highest BCUT2D eigenvalue weighted by molar-refractivity contribution is 7.45. The highest BCUT2D eigenvalue weighted by atomic mass is 31.2. The molecule has 380 valence electrons. The zero-order chi connectivity index (χ0) is 47.1. The highest BCUT2D eigenvalue weighted by Gasteiger charge is 2.21. The number of allylic oxidation sites excluding steroid dienone is 2. The summed E-state index contributed by atoms with van der Waals surface area (Å²) in [6, 6.07) is 0. The summed E-state index contributed by atoms with van der Waals surface area (Å²) in [4.78, 5) is 37.8. The van der Waals surface area contributed by atoms with Gasteiger partial charge in [-0.3, -0.25) is 14.2 Å². The Kier molecular flexibility index (Phi) is 45.9. The molecule has 0 aromatic rings. The van der Waals surface area contributed by atoms with Gasteiger partial charge in [0, 0.05) is 12.8 Å². The molecule has 0 N–H and O–H groups in total. The van der Waals surface area contributed by atoms with E-state index in [-0.39, 0.29) is 32.0 Å². The minimum absolute atomic E-state index is 0.0281. The van der Waals surface area contributed by atoms with Gasteiger partial charge in [-0.2, -0.15) is 0 Å². The van der Waals surface area contributed by atoms with E-state index < -0.39 is 26.5 Å². The Morgan fingerprint density at radius 2 is 0.797 bits per heavy atom. The number of hydrogen-bond acceptors (Lipinski definition) is 8. The van der Waals surface area contributed by atoms with Crippen LogP contribution in [-0.4, -0.2) is 70.0 Å². The van der Waals surface area contributed by atoms with Crippen molar-refractivity contribution < 1.29 is 42.1 Å². The van der Waals surface area contributed by atoms with E-state index in [2.05, 4.69) is 26.0 Å². The van der Waals surface area contributed by atoms with Gasteiger partial charge < -0.3 is 27.9 Å². The average molecular weight is 928 g/mol. The largest absolute Gasteiger partial charge is 0.756 e. The van der Waals surface area contributed by atoms with Gasteiger partial charge in [0.2, 0.25) is 0 Å². The number of quaternary nitrogens is 1. The lowest BCUT2D eigenvalue weighted by atomic mass is 10.0. The van der Waals surface area contributed by atoms with Crippen molar-refractivity contribution in [3.05, 3.63) is 12.2 Å². The number of ether oxygens (including phenoxy) is 2. The Bertz CT molecular complexity index is 1100. The van der Waals surface area contributed by atoms with Crippen LogP contribution in [0.25, 0.3) is 0 Å². The molecule has 0 saturated heterocycles. The number of unbranched alkanes of at least 4 members (excludes halogenated alkanes) is 35. The number of phosphoric ester groups is 1. The van der Waals surface area contributed by atoms with Gasteiger partial charge in [-0.1, -0.05) is 231 Å². The van der Waals surface area contributed by atoms with E-state index in [9.17, 15) is 19.0 Å². The summed E-state index contributed by atoms with van der Waals surface area (Å²) in [6.07, 6.45) is 52.5. The summed E-state index contributed by atoms with van der Waals surface area (Å²) < 4.78 is 34.1. The van der Waals surface area contributed by atoms with Gasteiger partial charge in [-0.15, -0.1) is 0 Å². The number of hydrogen-bond donors (Lipinski definition) is 0. The van der Waals surface area contributed by atoms with Crippen LogP contribution in [-0.2, 0) is 32.7 Å². The molecule has 9 nitrogen and oxygen atoms in total. The first-order valence-electron chi connectivity index (χ1n) is 27.4. The average Bonchev–Trinajstić information content (AvgIpc) is 3.25. The Hall–Kier alpha value is -1.25. The molecule has 0 aliphatic rings. The quantitative estimate of drug-likeness (QED) is 0.0195. The maximum Gasteiger partial charge on any atom is 0.306 e. The van der Waals surface area contributed by atoms with Crippen molar-refractivity contribution in [1.29, 1.82) is 0 Å². The van der Waals surface area contributed by atoms with Crippen molar-refractivity contribution in [3.8, 4) is 0 Å². The van der Waals surface area contributed by atoms with Crippen molar-refractivity contribution >= 4 is 19.8 Å². The molecule has 0 aromatic heterocycles. The monoisotopic (exact) mass is 928 g/mol. The minimum Gasteiger partial charge on any atom is -0.756 e. The van der Waals surface area contributed by atoms with Gasteiger partial charge in [0.1, 0.15) is 19.8 Å². The number of carbonyl (C=O) groups is 2. The van der Waals surface area contributed by atoms with Crippen LogP contribution in [0.2, 0.25) is 0 Å². The van der Waals surface area contributed by atoms with Gasteiger partial charge in [0.15, 0.2) is 6.10 Å². The van der Waals surface area contributed by atoms with Gasteiger partial charge in [0.25, 0.3) is 7.82 Å². The van der Waals surface area contributed by atoms with Crippen molar-refractivity contribution in [2.75, 3.05) is 47.5 Å². The minimum atomic E-state index is -4.63. The molecule has 64 heavy (non-hydrogen) atoms. The van der Waals surface area contributed by atoms with Crippen LogP contribution in [0.1, 0.15) is 271 Å². The van der Waals surface area contributed by atoms with E-state index >= 15 is 0 Å². The van der Waals surface area contributed by atoms with Gasteiger partial charge in [-0.05, 0) is 38.5 Å². The fourth-order valence-corrected chi connectivity index (χ4v) is 8.73. The molecule has 1 unspecified atom stereocenters. The van der Waals surface area contributed by atoms with Gasteiger partial charge in [0.05, 0.1) is 27.7 Å². The van der Waals surface area contributed by atoms with Crippen LogP contribution >= 0.6 is 7.82 Å². The Balaban J connectivity index is 4.15. The summed E-state index contributed by atoms with van der Waals surface area (Å²) >= 11 is 0. The molecule has 2 atom stereocenters.